The largest absolute Gasteiger partial charge is 0.396 e. The fourth-order valence-electron chi connectivity index (χ4n) is 1.69. The zero-order valence-corrected chi connectivity index (χ0v) is 7.63. The van der Waals surface area contributed by atoms with E-state index in [9.17, 15) is 0 Å². The lowest BCUT2D eigenvalue weighted by molar-refractivity contribution is 0.231. The van der Waals surface area contributed by atoms with Crippen LogP contribution < -0.4 is 0 Å². The number of thiol groups is 1. The van der Waals surface area contributed by atoms with Gasteiger partial charge in [0.1, 0.15) is 0 Å². The summed E-state index contributed by atoms with van der Waals surface area (Å²) in [6, 6.07) is 0. The van der Waals surface area contributed by atoms with Gasteiger partial charge in [-0.3, -0.25) is 0 Å². The van der Waals surface area contributed by atoms with Gasteiger partial charge < -0.3 is 5.11 Å². The number of aliphatic hydroxyl groups is 1. The topological polar surface area (TPSA) is 20.2 Å². The monoisotopic (exact) mass is 172 g/mol. The average molecular weight is 172 g/mol. The lowest BCUT2D eigenvalue weighted by atomic mass is 9.83. The van der Waals surface area contributed by atoms with Gasteiger partial charge in [-0.15, -0.1) is 0 Å². The smallest absolute Gasteiger partial charge is 0.0433 e. The van der Waals surface area contributed by atoms with Crippen LogP contribution in [0.25, 0.3) is 0 Å². The molecule has 1 aliphatic rings. The highest BCUT2D eigenvalue weighted by molar-refractivity contribution is 7.80. The summed E-state index contributed by atoms with van der Waals surface area (Å²) in [6.07, 6.45) is 7.82. The summed E-state index contributed by atoms with van der Waals surface area (Å²) in [7, 11) is 0. The molecule has 0 aromatic carbocycles. The molecule has 1 rings (SSSR count). The first-order valence-corrected chi connectivity index (χ1v) is 4.90. The Hall–Kier alpha value is 0.0500. The molecule has 0 aromatic rings. The van der Waals surface area contributed by atoms with E-state index in [4.69, 9.17) is 5.11 Å². The van der Waals surface area contributed by atoms with E-state index in [1.807, 2.05) is 0 Å². The third-order valence-corrected chi connectivity index (χ3v) is 2.83. The number of hydrogen-bond acceptors (Lipinski definition) is 2. The average Bonchev–Trinajstić information content (AvgIpc) is 2.06. The van der Waals surface area contributed by atoms with Gasteiger partial charge in [0.05, 0.1) is 0 Å². The Morgan fingerprint density at radius 2 is 2.36 bits per heavy atom. The number of rotatable bonds is 3. The quantitative estimate of drug-likeness (QED) is 0.492. The molecule has 0 spiro atoms. The van der Waals surface area contributed by atoms with Crippen LogP contribution in [0.5, 0.6) is 0 Å². The Balaban J connectivity index is 2.42. The molecule has 0 bridgehead atoms. The third kappa shape index (κ3) is 2.53. The van der Waals surface area contributed by atoms with Crippen LogP contribution in [0.1, 0.15) is 19.3 Å². The van der Waals surface area contributed by atoms with Gasteiger partial charge in [0, 0.05) is 6.61 Å². The number of hydrogen-bond donors (Lipinski definition) is 2. The molecule has 2 unspecified atom stereocenters. The van der Waals surface area contributed by atoms with Gasteiger partial charge >= 0.3 is 0 Å². The summed E-state index contributed by atoms with van der Waals surface area (Å²) < 4.78 is 0. The SMILES string of the molecule is OCCC1CCC=CC1CS. The maximum atomic E-state index is 8.78. The molecule has 1 N–H and O–H groups in total. The fourth-order valence-corrected chi connectivity index (χ4v) is 2.11. The standard InChI is InChI=1S/C9H16OS/c10-6-5-8-3-1-2-4-9(8)7-11/h2,4,8-11H,1,3,5-7H2. The molecule has 0 aliphatic heterocycles. The van der Waals surface area contributed by atoms with E-state index >= 15 is 0 Å². The van der Waals surface area contributed by atoms with Gasteiger partial charge in [0.2, 0.25) is 0 Å². The van der Waals surface area contributed by atoms with E-state index < -0.39 is 0 Å². The molecule has 11 heavy (non-hydrogen) atoms. The van der Waals surface area contributed by atoms with Crippen molar-refractivity contribution in [3.63, 3.8) is 0 Å². The van der Waals surface area contributed by atoms with Crippen molar-refractivity contribution in [3.8, 4) is 0 Å². The van der Waals surface area contributed by atoms with Crippen molar-refractivity contribution in [2.45, 2.75) is 19.3 Å². The molecule has 0 aromatic heterocycles. The predicted molar refractivity (Wildman–Crippen MR) is 50.9 cm³/mol. The van der Waals surface area contributed by atoms with E-state index in [-0.39, 0.29) is 0 Å². The minimum atomic E-state index is 0.322. The second-order valence-electron chi connectivity index (χ2n) is 3.12. The minimum absolute atomic E-state index is 0.322. The summed E-state index contributed by atoms with van der Waals surface area (Å²) in [6.45, 7) is 0.322. The summed E-state index contributed by atoms with van der Waals surface area (Å²) >= 11 is 4.28. The van der Waals surface area contributed by atoms with Crippen molar-refractivity contribution < 1.29 is 5.11 Å². The van der Waals surface area contributed by atoms with Gasteiger partial charge in [0.15, 0.2) is 0 Å². The Labute approximate surface area is 73.9 Å². The molecular weight excluding hydrogens is 156 g/mol. The fraction of sp³-hybridized carbons (Fsp3) is 0.778. The van der Waals surface area contributed by atoms with Crippen molar-refractivity contribution in [2.24, 2.45) is 11.8 Å². The van der Waals surface area contributed by atoms with Crippen molar-refractivity contribution in [3.05, 3.63) is 12.2 Å². The first kappa shape index (κ1) is 9.14. The van der Waals surface area contributed by atoms with Crippen molar-refractivity contribution in [2.75, 3.05) is 12.4 Å². The normalized spacial score (nSPS) is 30.7. The molecular formula is C9H16OS. The minimum Gasteiger partial charge on any atom is -0.396 e. The van der Waals surface area contributed by atoms with E-state index in [1.165, 1.54) is 12.8 Å². The molecule has 0 saturated carbocycles. The zero-order chi connectivity index (χ0) is 8.10. The molecule has 0 heterocycles. The highest BCUT2D eigenvalue weighted by atomic mass is 32.1. The molecule has 64 valence electrons. The lowest BCUT2D eigenvalue weighted by Crippen LogP contribution is -2.18. The van der Waals surface area contributed by atoms with E-state index in [0.717, 1.165) is 12.2 Å². The van der Waals surface area contributed by atoms with Crippen LogP contribution >= 0.6 is 12.6 Å². The van der Waals surface area contributed by atoms with Crippen molar-refractivity contribution in [1.82, 2.24) is 0 Å². The molecule has 1 nitrogen and oxygen atoms in total. The second kappa shape index (κ2) is 4.83. The molecule has 0 radical (unpaired) electrons. The second-order valence-corrected chi connectivity index (χ2v) is 3.49. The highest BCUT2D eigenvalue weighted by Gasteiger charge is 2.19. The highest BCUT2D eigenvalue weighted by Crippen LogP contribution is 2.27. The van der Waals surface area contributed by atoms with Gasteiger partial charge in [-0.25, -0.2) is 0 Å². The Bertz CT molecular complexity index is 134. The number of allylic oxidation sites excluding steroid dienone is 2. The summed E-state index contributed by atoms with van der Waals surface area (Å²) in [4.78, 5) is 0. The Morgan fingerprint density at radius 3 is 3.00 bits per heavy atom. The van der Waals surface area contributed by atoms with Crippen LogP contribution in [0.2, 0.25) is 0 Å². The van der Waals surface area contributed by atoms with Gasteiger partial charge in [-0.05, 0) is 36.9 Å². The van der Waals surface area contributed by atoms with Crippen LogP contribution in [-0.2, 0) is 0 Å². The van der Waals surface area contributed by atoms with Crippen LogP contribution in [0, 0.1) is 11.8 Å². The Kier molecular flexibility index (Phi) is 4.02. The maximum absolute atomic E-state index is 8.78. The lowest BCUT2D eigenvalue weighted by Gasteiger charge is -2.25. The summed E-state index contributed by atoms with van der Waals surface area (Å²) in [5, 5.41) is 8.78. The van der Waals surface area contributed by atoms with Crippen LogP contribution in [0.4, 0.5) is 0 Å². The molecule has 2 heteroatoms. The molecule has 2 atom stereocenters. The van der Waals surface area contributed by atoms with Crippen molar-refractivity contribution in [1.29, 1.82) is 0 Å². The van der Waals surface area contributed by atoms with Gasteiger partial charge in [0.25, 0.3) is 0 Å². The van der Waals surface area contributed by atoms with Crippen LogP contribution in [-0.4, -0.2) is 17.5 Å². The van der Waals surface area contributed by atoms with Gasteiger partial charge in [-0.2, -0.15) is 12.6 Å². The predicted octanol–water partition coefficient (Wildman–Crippen LogP) is 1.88. The van der Waals surface area contributed by atoms with Crippen LogP contribution in [0.3, 0.4) is 0 Å². The van der Waals surface area contributed by atoms with E-state index in [1.54, 1.807) is 0 Å². The first-order chi connectivity index (χ1) is 5.38. The van der Waals surface area contributed by atoms with E-state index in [2.05, 4.69) is 24.8 Å². The number of aliphatic hydroxyl groups excluding tert-OH is 1. The first-order valence-electron chi connectivity index (χ1n) is 4.27. The molecule has 1 aliphatic carbocycles. The zero-order valence-electron chi connectivity index (χ0n) is 6.74. The molecule has 0 amide bonds. The maximum Gasteiger partial charge on any atom is 0.0433 e. The van der Waals surface area contributed by atoms with Gasteiger partial charge in [-0.1, -0.05) is 12.2 Å². The van der Waals surface area contributed by atoms with Crippen molar-refractivity contribution >= 4 is 12.6 Å². The molecule has 0 fully saturated rings. The van der Waals surface area contributed by atoms with E-state index in [0.29, 0.717) is 18.4 Å². The molecule has 0 saturated heterocycles. The summed E-state index contributed by atoms with van der Waals surface area (Å²) in [5.41, 5.74) is 0. The third-order valence-electron chi connectivity index (χ3n) is 2.40. The Morgan fingerprint density at radius 1 is 1.55 bits per heavy atom. The van der Waals surface area contributed by atoms with Crippen LogP contribution in [0.15, 0.2) is 12.2 Å². The summed E-state index contributed by atoms with van der Waals surface area (Å²) in [5.74, 6) is 2.18.